The van der Waals surface area contributed by atoms with Crippen LogP contribution in [0.5, 0.6) is 0 Å². The fourth-order valence-electron chi connectivity index (χ4n) is 1.72. The Morgan fingerprint density at radius 2 is 1.80 bits per heavy atom. The van der Waals surface area contributed by atoms with Gasteiger partial charge in [0.1, 0.15) is 0 Å². The van der Waals surface area contributed by atoms with Gasteiger partial charge in [-0.2, -0.15) is 13.2 Å². The fourth-order valence-corrected chi connectivity index (χ4v) is 3.12. The van der Waals surface area contributed by atoms with Gasteiger partial charge in [0.15, 0.2) is 0 Å². The normalized spacial score (nSPS) is 11.7. The van der Waals surface area contributed by atoms with Gasteiger partial charge in [-0.15, -0.1) is 0 Å². The molecule has 0 aliphatic rings. The van der Waals surface area contributed by atoms with Crippen LogP contribution in [0.1, 0.15) is 11.1 Å². The number of hydrogen-bond donors (Lipinski definition) is 1. The van der Waals surface area contributed by atoms with Crippen LogP contribution in [0.2, 0.25) is 0 Å². The van der Waals surface area contributed by atoms with Crippen LogP contribution >= 0.6 is 27.7 Å². The lowest BCUT2D eigenvalue weighted by Gasteiger charge is -2.13. The molecule has 0 aromatic heterocycles. The van der Waals surface area contributed by atoms with E-state index in [1.165, 1.54) is 17.8 Å². The van der Waals surface area contributed by atoms with E-state index in [0.29, 0.717) is 4.90 Å². The molecule has 0 aliphatic heterocycles. The van der Waals surface area contributed by atoms with Gasteiger partial charge in [0.05, 0.1) is 5.56 Å². The van der Waals surface area contributed by atoms with Gasteiger partial charge in [0, 0.05) is 20.8 Å². The van der Waals surface area contributed by atoms with E-state index in [9.17, 15) is 13.2 Å². The highest BCUT2D eigenvalue weighted by Crippen LogP contribution is 2.38. The third-order valence-electron chi connectivity index (χ3n) is 2.67. The van der Waals surface area contributed by atoms with Crippen LogP contribution in [0.25, 0.3) is 0 Å². The van der Waals surface area contributed by atoms with Gasteiger partial charge in [-0.1, -0.05) is 30.0 Å². The van der Waals surface area contributed by atoms with Gasteiger partial charge in [-0.3, -0.25) is 0 Å². The zero-order valence-corrected chi connectivity index (χ0v) is 12.6. The third kappa shape index (κ3) is 3.56. The summed E-state index contributed by atoms with van der Waals surface area (Å²) in [6.07, 6.45) is -4.39. The summed E-state index contributed by atoms with van der Waals surface area (Å²) in [5.74, 6) is 0. The first-order chi connectivity index (χ1) is 9.41. The van der Waals surface area contributed by atoms with E-state index < -0.39 is 11.7 Å². The zero-order valence-electron chi connectivity index (χ0n) is 10.2. The van der Waals surface area contributed by atoms with Crippen LogP contribution < -0.4 is 5.73 Å². The molecule has 0 aliphatic carbocycles. The lowest BCUT2D eigenvalue weighted by atomic mass is 10.1. The Kier molecular flexibility index (Phi) is 4.78. The van der Waals surface area contributed by atoms with Crippen LogP contribution in [0.15, 0.2) is 56.7 Å². The standard InChI is InChI=1S/C14H11BrF3NS/c15-12-3-1-2-4-13(12)20-10-6-5-9(8-19)11(7-10)14(16,17)18/h1-7H,8,19H2. The Hall–Kier alpha value is -0.980. The van der Waals surface area contributed by atoms with Crippen molar-refractivity contribution in [3.8, 4) is 0 Å². The monoisotopic (exact) mass is 361 g/mol. The largest absolute Gasteiger partial charge is 0.416 e. The fraction of sp³-hybridized carbons (Fsp3) is 0.143. The Bertz CT molecular complexity index is 614. The minimum Gasteiger partial charge on any atom is -0.326 e. The maximum atomic E-state index is 13.0. The van der Waals surface area contributed by atoms with E-state index in [1.54, 1.807) is 6.07 Å². The molecule has 6 heteroatoms. The molecule has 2 N–H and O–H groups in total. The average molecular weight is 362 g/mol. The van der Waals surface area contributed by atoms with E-state index in [4.69, 9.17) is 5.73 Å². The van der Waals surface area contributed by atoms with Crippen LogP contribution in [0, 0.1) is 0 Å². The predicted octanol–water partition coefficient (Wildman–Crippen LogP) is 5.08. The van der Waals surface area contributed by atoms with Crippen LogP contribution in [-0.4, -0.2) is 0 Å². The van der Waals surface area contributed by atoms with Crippen molar-refractivity contribution in [3.05, 3.63) is 58.1 Å². The SMILES string of the molecule is NCc1ccc(Sc2ccccc2Br)cc1C(F)(F)F. The highest BCUT2D eigenvalue weighted by atomic mass is 79.9. The Morgan fingerprint density at radius 1 is 1.10 bits per heavy atom. The van der Waals surface area contributed by atoms with Crippen molar-refractivity contribution in [1.29, 1.82) is 0 Å². The maximum Gasteiger partial charge on any atom is 0.416 e. The Balaban J connectivity index is 2.37. The molecule has 106 valence electrons. The van der Waals surface area contributed by atoms with Gasteiger partial charge in [-0.25, -0.2) is 0 Å². The molecule has 20 heavy (non-hydrogen) atoms. The third-order valence-corrected chi connectivity index (χ3v) is 4.69. The molecule has 0 atom stereocenters. The molecule has 0 spiro atoms. The summed E-state index contributed by atoms with van der Waals surface area (Å²) in [5, 5.41) is 0. The summed E-state index contributed by atoms with van der Waals surface area (Å²) in [7, 11) is 0. The Labute approximate surface area is 127 Å². The summed E-state index contributed by atoms with van der Waals surface area (Å²) in [6, 6.07) is 11.6. The minimum absolute atomic E-state index is 0.106. The number of rotatable bonds is 3. The molecule has 1 nitrogen and oxygen atoms in total. The molecule has 0 fully saturated rings. The topological polar surface area (TPSA) is 26.0 Å². The van der Waals surface area contributed by atoms with E-state index in [-0.39, 0.29) is 12.1 Å². The summed E-state index contributed by atoms with van der Waals surface area (Å²) >= 11 is 4.65. The lowest BCUT2D eigenvalue weighted by Crippen LogP contribution is -2.11. The van der Waals surface area contributed by atoms with E-state index in [2.05, 4.69) is 15.9 Å². The van der Waals surface area contributed by atoms with Crippen molar-refractivity contribution >= 4 is 27.7 Å². The highest BCUT2D eigenvalue weighted by Gasteiger charge is 2.33. The van der Waals surface area contributed by atoms with Gasteiger partial charge >= 0.3 is 6.18 Å². The number of benzene rings is 2. The van der Waals surface area contributed by atoms with Crippen LogP contribution in [0.3, 0.4) is 0 Å². The quantitative estimate of drug-likeness (QED) is 0.824. The first kappa shape index (κ1) is 15.4. The molecule has 2 aromatic carbocycles. The molecule has 0 bridgehead atoms. The molecule has 0 saturated carbocycles. The second-order valence-corrected chi connectivity index (χ2v) is 6.02. The molecule has 0 amide bonds. The molecule has 0 saturated heterocycles. The summed E-state index contributed by atoms with van der Waals surface area (Å²) in [4.78, 5) is 1.39. The second-order valence-electron chi connectivity index (χ2n) is 4.05. The maximum absolute atomic E-state index is 13.0. The van der Waals surface area contributed by atoms with E-state index >= 15 is 0 Å². The number of alkyl halides is 3. The van der Waals surface area contributed by atoms with Crippen molar-refractivity contribution in [1.82, 2.24) is 0 Å². The van der Waals surface area contributed by atoms with E-state index in [0.717, 1.165) is 15.4 Å². The van der Waals surface area contributed by atoms with Crippen molar-refractivity contribution in [2.45, 2.75) is 22.5 Å². The number of hydrogen-bond acceptors (Lipinski definition) is 2. The van der Waals surface area contributed by atoms with Gasteiger partial charge in [0.25, 0.3) is 0 Å². The summed E-state index contributed by atoms with van der Waals surface area (Å²) in [5.41, 5.74) is 4.80. The van der Waals surface area contributed by atoms with Crippen molar-refractivity contribution in [2.75, 3.05) is 0 Å². The average Bonchev–Trinajstić information content (AvgIpc) is 2.40. The zero-order chi connectivity index (χ0) is 14.8. The second kappa shape index (κ2) is 6.20. The molecule has 0 radical (unpaired) electrons. The first-order valence-electron chi connectivity index (χ1n) is 5.74. The van der Waals surface area contributed by atoms with Gasteiger partial charge in [0.2, 0.25) is 0 Å². The van der Waals surface area contributed by atoms with E-state index in [1.807, 2.05) is 24.3 Å². The van der Waals surface area contributed by atoms with Crippen molar-refractivity contribution < 1.29 is 13.2 Å². The number of halogens is 4. The molecule has 2 aromatic rings. The predicted molar refractivity (Wildman–Crippen MR) is 77.6 cm³/mol. The van der Waals surface area contributed by atoms with Crippen molar-refractivity contribution in [2.24, 2.45) is 5.73 Å². The van der Waals surface area contributed by atoms with Crippen LogP contribution in [-0.2, 0) is 12.7 Å². The minimum atomic E-state index is -4.39. The smallest absolute Gasteiger partial charge is 0.326 e. The summed E-state index contributed by atoms with van der Waals surface area (Å²) in [6.45, 7) is -0.130. The summed E-state index contributed by atoms with van der Waals surface area (Å²) < 4.78 is 39.7. The molecule has 2 rings (SSSR count). The molecular formula is C14H11BrF3NS. The number of nitrogens with two attached hydrogens (primary N) is 1. The van der Waals surface area contributed by atoms with Crippen LogP contribution in [0.4, 0.5) is 13.2 Å². The van der Waals surface area contributed by atoms with Crippen molar-refractivity contribution in [3.63, 3.8) is 0 Å². The van der Waals surface area contributed by atoms with Gasteiger partial charge in [-0.05, 0) is 45.8 Å². The molecular weight excluding hydrogens is 351 g/mol. The highest BCUT2D eigenvalue weighted by molar-refractivity contribution is 9.10. The lowest BCUT2D eigenvalue weighted by molar-refractivity contribution is -0.138. The molecule has 0 unspecified atom stereocenters. The van der Waals surface area contributed by atoms with Gasteiger partial charge < -0.3 is 5.73 Å². The first-order valence-corrected chi connectivity index (χ1v) is 7.35. The molecule has 0 heterocycles. The Morgan fingerprint density at radius 3 is 2.40 bits per heavy atom.